The van der Waals surface area contributed by atoms with Crippen LogP contribution >= 0.6 is 11.5 Å². The number of anilines is 1. The molecule has 1 N–H and O–H groups in total. The molecule has 0 saturated carbocycles. The molecule has 3 rings (SSSR count). The summed E-state index contributed by atoms with van der Waals surface area (Å²) in [6.07, 6.45) is 5.06. The van der Waals surface area contributed by atoms with Crippen molar-refractivity contribution in [3.05, 3.63) is 35.9 Å². The Bertz CT molecular complexity index is 640. The van der Waals surface area contributed by atoms with Gasteiger partial charge in [-0.15, -0.1) is 0 Å². The minimum absolute atomic E-state index is 0.0378. The predicted octanol–water partition coefficient (Wildman–Crippen LogP) is 1.48. The van der Waals surface area contributed by atoms with E-state index in [-0.39, 0.29) is 11.9 Å². The third-order valence-electron chi connectivity index (χ3n) is 3.77. The number of nitrogens with zero attached hydrogens (tertiary/aromatic N) is 4. The van der Waals surface area contributed by atoms with Crippen molar-refractivity contribution >= 4 is 22.6 Å². The second-order valence-corrected chi connectivity index (χ2v) is 6.13. The Morgan fingerprint density at radius 2 is 2.13 bits per heavy atom. The molecule has 1 amide bonds. The van der Waals surface area contributed by atoms with Crippen molar-refractivity contribution in [3.63, 3.8) is 0 Å². The number of hydrogen-bond donors (Lipinski definition) is 1. The first kappa shape index (κ1) is 15.8. The highest BCUT2D eigenvalue weighted by molar-refractivity contribution is 7.09. The molecule has 0 unspecified atom stereocenters. The Morgan fingerprint density at radius 1 is 1.39 bits per heavy atom. The van der Waals surface area contributed by atoms with Gasteiger partial charge in [0.2, 0.25) is 5.13 Å². The van der Waals surface area contributed by atoms with Crippen molar-refractivity contribution in [2.45, 2.75) is 25.5 Å². The molecular formula is C15H19N5O2S. The van der Waals surface area contributed by atoms with E-state index in [9.17, 15) is 4.79 Å². The standard InChI is InChI=1S/C15H19N5O2S/c1-22-10-13-18-15(23-19-13)20-8-4-12(5-9-20)17-14(21)11-2-6-16-7-3-11/h2-3,6-7,12H,4-5,8-10H2,1H3,(H,17,21). The Hall–Kier alpha value is -2.06. The summed E-state index contributed by atoms with van der Waals surface area (Å²) in [5, 5.41) is 4.01. The number of piperidine rings is 1. The highest BCUT2D eigenvalue weighted by atomic mass is 32.1. The molecule has 0 aromatic carbocycles. The van der Waals surface area contributed by atoms with Crippen molar-refractivity contribution in [2.75, 3.05) is 25.1 Å². The number of carbonyl (C=O) groups excluding carboxylic acids is 1. The second kappa shape index (κ2) is 7.47. The first-order valence-electron chi connectivity index (χ1n) is 7.53. The van der Waals surface area contributed by atoms with Gasteiger partial charge in [-0.3, -0.25) is 9.78 Å². The predicted molar refractivity (Wildman–Crippen MR) is 87.6 cm³/mol. The summed E-state index contributed by atoms with van der Waals surface area (Å²) in [6.45, 7) is 2.17. The molecule has 23 heavy (non-hydrogen) atoms. The van der Waals surface area contributed by atoms with E-state index in [4.69, 9.17) is 4.74 Å². The first-order chi connectivity index (χ1) is 11.3. The van der Waals surface area contributed by atoms with Gasteiger partial charge < -0.3 is 15.0 Å². The topological polar surface area (TPSA) is 80.2 Å². The van der Waals surface area contributed by atoms with Crippen LogP contribution in [0.25, 0.3) is 0 Å². The van der Waals surface area contributed by atoms with Gasteiger partial charge in [0.25, 0.3) is 5.91 Å². The molecule has 8 heteroatoms. The number of carbonyl (C=O) groups is 1. The van der Waals surface area contributed by atoms with Crippen LogP contribution in [0, 0.1) is 0 Å². The normalized spacial score (nSPS) is 15.6. The summed E-state index contributed by atoms with van der Waals surface area (Å²) in [5.74, 6) is 0.685. The van der Waals surface area contributed by atoms with Crippen LogP contribution < -0.4 is 10.2 Å². The number of rotatable bonds is 5. The molecule has 2 aromatic rings. The van der Waals surface area contributed by atoms with Gasteiger partial charge in [0.15, 0.2) is 5.82 Å². The van der Waals surface area contributed by atoms with Gasteiger partial charge in [-0.05, 0) is 25.0 Å². The largest absolute Gasteiger partial charge is 0.377 e. The summed E-state index contributed by atoms with van der Waals surface area (Å²) in [7, 11) is 1.64. The van der Waals surface area contributed by atoms with E-state index in [0.29, 0.717) is 12.2 Å². The summed E-state index contributed by atoms with van der Waals surface area (Å²) < 4.78 is 9.32. The molecule has 0 spiro atoms. The molecule has 122 valence electrons. The van der Waals surface area contributed by atoms with E-state index in [1.807, 2.05) is 0 Å². The van der Waals surface area contributed by atoms with E-state index in [1.54, 1.807) is 31.6 Å². The summed E-state index contributed by atoms with van der Waals surface area (Å²) in [4.78, 5) is 22.8. The molecule has 1 saturated heterocycles. The number of aromatic nitrogens is 3. The molecule has 0 radical (unpaired) electrons. The minimum atomic E-state index is -0.0378. The lowest BCUT2D eigenvalue weighted by Gasteiger charge is -2.31. The number of amides is 1. The van der Waals surface area contributed by atoms with Crippen LogP contribution in [0.4, 0.5) is 5.13 Å². The zero-order valence-corrected chi connectivity index (χ0v) is 13.8. The highest BCUT2D eigenvalue weighted by Crippen LogP contribution is 2.22. The Morgan fingerprint density at radius 3 is 2.83 bits per heavy atom. The van der Waals surface area contributed by atoms with Crippen molar-refractivity contribution in [1.82, 2.24) is 19.7 Å². The quantitative estimate of drug-likeness (QED) is 0.893. The van der Waals surface area contributed by atoms with Crippen LogP contribution in [0.15, 0.2) is 24.5 Å². The van der Waals surface area contributed by atoms with Crippen LogP contribution in [0.1, 0.15) is 29.0 Å². The smallest absolute Gasteiger partial charge is 0.251 e. The van der Waals surface area contributed by atoms with Crippen molar-refractivity contribution in [2.24, 2.45) is 0 Å². The molecule has 1 fully saturated rings. The van der Waals surface area contributed by atoms with Crippen LogP contribution in [0.5, 0.6) is 0 Å². The average Bonchev–Trinajstić information content (AvgIpc) is 3.05. The van der Waals surface area contributed by atoms with Gasteiger partial charge in [0, 0.05) is 55.7 Å². The number of ether oxygens (including phenoxy) is 1. The van der Waals surface area contributed by atoms with Gasteiger partial charge in [-0.2, -0.15) is 4.37 Å². The maximum atomic E-state index is 12.2. The number of methoxy groups -OCH3 is 1. The molecule has 3 heterocycles. The molecule has 1 aliphatic rings. The zero-order valence-electron chi connectivity index (χ0n) is 12.9. The van der Waals surface area contributed by atoms with Crippen LogP contribution in [-0.4, -0.2) is 46.5 Å². The highest BCUT2D eigenvalue weighted by Gasteiger charge is 2.23. The van der Waals surface area contributed by atoms with E-state index in [1.165, 1.54) is 11.5 Å². The fraction of sp³-hybridized carbons (Fsp3) is 0.467. The maximum absolute atomic E-state index is 12.2. The number of nitrogens with one attached hydrogen (secondary N) is 1. The van der Waals surface area contributed by atoms with E-state index in [2.05, 4.69) is 24.6 Å². The third-order valence-corrected chi connectivity index (χ3v) is 4.59. The van der Waals surface area contributed by atoms with Crippen LogP contribution in [-0.2, 0) is 11.3 Å². The Labute approximate surface area is 138 Å². The van der Waals surface area contributed by atoms with Crippen LogP contribution in [0.3, 0.4) is 0 Å². The molecule has 0 atom stereocenters. The van der Waals surface area contributed by atoms with E-state index >= 15 is 0 Å². The molecule has 7 nitrogen and oxygen atoms in total. The van der Waals surface area contributed by atoms with Crippen molar-refractivity contribution in [3.8, 4) is 0 Å². The number of hydrogen-bond acceptors (Lipinski definition) is 7. The van der Waals surface area contributed by atoms with Gasteiger partial charge in [-0.25, -0.2) is 4.98 Å². The fourth-order valence-electron chi connectivity index (χ4n) is 2.55. The summed E-state index contributed by atoms with van der Waals surface area (Å²) >= 11 is 1.40. The average molecular weight is 333 g/mol. The summed E-state index contributed by atoms with van der Waals surface area (Å²) in [6, 6.07) is 3.64. The van der Waals surface area contributed by atoms with Crippen LogP contribution in [0.2, 0.25) is 0 Å². The zero-order chi connectivity index (χ0) is 16.1. The van der Waals surface area contributed by atoms with Gasteiger partial charge in [0.1, 0.15) is 6.61 Å². The Balaban J connectivity index is 1.51. The Kier molecular flexibility index (Phi) is 5.14. The third kappa shape index (κ3) is 4.02. The minimum Gasteiger partial charge on any atom is -0.377 e. The van der Waals surface area contributed by atoms with Gasteiger partial charge in [-0.1, -0.05) is 0 Å². The first-order valence-corrected chi connectivity index (χ1v) is 8.31. The lowest BCUT2D eigenvalue weighted by atomic mass is 10.0. The molecule has 1 aliphatic heterocycles. The van der Waals surface area contributed by atoms with Crippen molar-refractivity contribution in [1.29, 1.82) is 0 Å². The molecule has 2 aromatic heterocycles. The lowest BCUT2D eigenvalue weighted by molar-refractivity contribution is 0.0931. The monoisotopic (exact) mass is 333 g/mol. The summed E-state index contributed by atoms with van der Waals surface area (Å²) in [5.41, 5.74) is 0.649. The molecule has 0 bridgehead atoms. The number of pyridine rings is 1. The second-order valence-electron chi connectivity index (χ2n) is 5.40. The van der Waals surface area contributed by atoms with Gasteiger partial charge in [0.05, 0.1) is 0 Å². The molecular weight excluding hydrogens is 314 g/mol. The maximum Gasteiger partial charge on any atom is 0.251 e. The van der Waals surface area contributed by atoms with E-state index < -0.39 is 0 Å². The lowest BCUT2D eigenvalue weighted by Crippen LogP contribution is -2.44. The van der Waals surface area contributed by atoms with Crippen molar-refractivity contribution < 1.29 is 9.53 Å². The van der Waals surface area contributed by atoms with E-state index in [0.717, 1.165) is 36.9 Å². The molecule has 0 aliphatic carbocycles. The SMILES string of the molecule is COCc1nsc(N2CCC(NC(=O)c3ccncc3)CC2)n1. The van der Waals surface area contributed by atoms with Gasteiger partial charge >= 0.3 is 0 Å². The fourth-order valence-corrected chi connectivity index (χ4v) is 3.27.